The molecular formula is C7H13O. The Labute approximate surface area is 50.7 Å². The largest absolute Gasteiger partial charge is 0.233 e. The third-order valence-electron chi connectivity index (χ3n) is 2.03. The van der Waals surface area contributed by atoms with E-state index < -0.39 is 0 Å². The molecule has 0 spiro atoms. The minimum absolute atomic E-state index is 0.247. The fourth-order valence-electron chi connectivity index (χ4n) is 1.28. The normalized spacial score (nSPS) is 39.8. The van der Waals surface area contributed by atoms with Crippen molar-refractivity contribution in [2.45, 2.75) is 38.7 Å². The third-order valence-corrected chi connectivity index (χ3v) is 2.03. The van der Waals surface area contributed by atoms with E-state index in [-0.39, 0.29) is 6.10 Å². The van der Waals surface area contributed by atoms with E-state index in [0.29, 0.717) is 5.92 Å². The number of hydrogen-bond acceptors (Lipinski definition) is 0. The van der Waals surface area contributed by atoms with Crippen LogP contribution >= 0.6 is 0 Å². The fourth-order valence-corrected chi connectivity index (χ4v) is 1.28. The molecule has 1 heteroatoms. The molecule has 0 amide bonds. The van der Waals surface area contributed by atoms with E-state index in [2.05, 4.69) is 6.92 Å². The Kier molecular flexibility index (Phi) is 1.90. The molecule has 1 nitrogen and oxygen atoms in total. The highest BCUT2D eigenvalue weighted by molar-refractivity contribution is 4.69. The van der Waals surface area contributed by atoms with Crippen molar-refractivity contribution in [3.8, 4) is 0 Å². The molecular weight excluding hydrogens is 100 g/mol. The standard InChI is InChI=1S/C7H13O/c1-6-4-2-3-5-7(6)8/h6-7H,2-5H2,1H3/t6-,7-/m1/s1. The minimum Gasteiger partial charge on any atom is -0.233 e. The summed E-state index contributed by atoms with van der Waals surface area (Å²) in [7, 11) is 0. The highest BCUT2D eigenvalue weighted by Crippen LogP contribution is 2.23. The van der Waals surface area contributed by atoms with Gasteiger partial charge < -0.3 is 0 Å². The summed E-state index contributed by atoms with van der Waals surface area (Å²) in [4.78, 5) is 0. The second-order valence-electron chi connectivity index (χ2n) is 2.80. The molecule has 0 heterocycles. The zero-order chi connectivity index (χ0) is 5.98. The SMILES string of the molecule is C[C@@H]1CCCC[C@H]1[O]. The van der Waals surface area contributed by atoms with Crippen LogP contribution in [0.5, 0.6) is 0 Å². The van der Waals surface area contributed by atoms with Gasteiger partial charge in [-0.15, -0.1) is 0 Å². The third kappa shape index (κ3) is 1.22. The smallest absolute Gasteiger partial charge is 0.0955 e. The van der Waals surface area contributed by atoms with E-state index in [4.69, 9.17) is 0 Å². The maximum atomic E-state index is 10.9. The Bertz CT molecular complexity index is 60.8. The molecule has 0 saturated heterocycles. The first-order valence-corrected chi connectivity index (χ1v) is 3.46. The van der Waals surface area contributed by atoms with Crippen molar-refractivity contribution in [1.29, 1.82) is 0 Å². The molecule has 0 aromatic carbocycles. The number of hydrogen-bond donors (Lipinski definition) is 0. The van der Waals surface area contributed by atoms with Crippen molar-refractivity contribution in [3.63, 3.8) is 0 Å². The van der Waals surface area contributed by atoms with E-state index >= 15 is 0 Å². The predicted molar refractivity (Wildman–Crippen MR) is 32.1 cm³/mol. The second-order valence-corrected chi connectivity index (χ2v) is 2.80. The van der Waals surface area contributed by atoms with Gasteiger partial charge in [-0.25, -0.2) is 5.11 Å². The average Bonchev–Trinajstić information content (AvgIpc) is 1.77. The Morgan fingerprint density at radius 2 is 1.88 bits per heavy atom. The summed E-state index contributed by atoms with van der Waals surface area (Å²) in [5.41, 5.74) is 0. The van der Waals surface area contributed by atoms with Gasteiger partial charge in [0.25, 0.3) is 0 Å². The van der Waals surface area contributed by atoms with Crippen LogP contribution in [0.3, 0.4) is 0 Å². The highest BCUT2D eigenvalue weighted by Gasteiger charge is 2.19. The topological polar surface area (TPSA) is 19.9 Å². The molecule has 0 bridgehead atoms. The lowest BCUT2D eigenvalue weighted by Crippen LogP contribution is -2.19. The first kappa shape index (κ1) is 6.09. The van der Waals surface area contributed by atoms with Gasteiger partial charge in [-0.1, -0.05) is 19.8 Å². The van der Waals surface area contributed by atoms with Crippen LogP contribution in [0.15, 0.2) is 0 Å². The van der Waals surface area contributed by atoms with Crippen LogP contribution in [-0.2, 0) is 5.11 Å². The molecule has 1 rings (SSSR count). The van der Waals surface area contributed by atoms with Crippen molar-refractivity contribution in [2.75, 3.05) is 0 Å². The molecule has 1 saturated carbocycles. The zero-order valence-electron chi connectivity index (χ0n) is 5.39. The van der Waals surface area contributed by atoms with Crippen LogP contribution in [0.4, 0.5) is 0 Å². The lowest BCUT2D eigenvalue weighted by molar-refractivity contribution is 0.0155. The Balaban J connectivity index is 2.28. The molecule has 47 valence electrons. The Hall–Kier alpha value is -0.0400. The maximum Gasteiger partial charge on any atom is 0.0955 e. The predicted octanol–water partition coefficient (Wildman–Crippen LogP) is 2.00. The lowest BCUT2D eigenvalue weighted by atomic mass is 9.88. The maximum absolute atomic E-state index is 10.9. The van der Waals surface area contributed by atoms with Crippen molar-refractivity contribution in [3.05, 3.63) is 0 Å². The molecule has 0 aromatic heterocycles. The summed E-state index contributed by atoms with van der Waals surface area (Å²) in [5.74, 6) is 0.448. The molecule has 1 aliphatic rings. The van der Waals surface area contributed by atoms with Crippen LogP contribution < -0.4 is 0 Å². The van der Waals surface area contributed by atoms with E-state index in [9.17, 15) is 5.11 Å². The first-order valence-electron chi connectivity index (χ1n) is 3.46. The Morgan fingerprint density at radius 1 is 1.25 bits per heavy atom. The van der Waals surface area contributed by atoms with Gasteiger partial charge in [-0.05, 0) is 18.8 Å². The van der Waals surface area contributed by atoms with Gasteiger partial charge >= 0.3 is 0 Å². The quantitative estimate of drug-likeness (QED) is 0.458. The first-order chi connectivity index (χ1) is 3.80. The minimum atomic E-state index is -0.247. The molecule has 1 aliphatic carbocycles. The van der Waals surface area contributed by atoms with Gasteiger partial charge in [0.1, 0.15) is 0 Å². The molecule has 0 aliphatic heterocycles. The van der Waals surface area contributed by atoms with Crippen molar-refractivity contribution >= 4 is 0 Å². The van der Waals surface area contributed by atoms with Gasteiger partial charge in [-0.2, -0.15) is 0 Å². The Morgan fingerprint density at radius 3 is 2.25 bits per heavy atom. The summed E-state index contributed by atoms with van der Waals surface area (Å²) in [5, 5.41) is 10.9. The summed E-state index contributed by atoms with van der Waals surface area (Å²) in [6.07, 6.45) is 4.28. The summed E-state index contributed by atoms with van der Waals surface area (Å²) >= 11 is 0. The van der Waals surface area contributed by atoms with E-state index in [1.807, 2.05) is 0 Å². The molecule has 0 unspecified atom stereocenters. The van der Waals surface area contributed by atoms with Crippen LogP contribution in [-0.4, -0.2) is 6.10 Å². The number of rotatable bonds is 0. The van der Waals surface area contributed by atoms with E-state index in [0.717, 1.165) is 12.8 Å². The van der Waals surface area contributed by atoms with Gasteiger partial charge in [0.15, 0.2) is 0 Å². The fraction of sp³-hybridized carbons (Fsp3) is 1.00. The molecule has 1 fully saturated rings. The summed E-state index contributed by atoms with van der Waals surface area (Å²) in [6.45, 7) is 2.07. The van der Waals surface area contributed by atoms with Gasteiger partial charge in [-0.3, -0.25) is 0 Å². The van der Waals surface area contributed by atoms with Crippen LogP contribution in [0, 0.1) is 5.92 Å². The van der Waals surface area contributed by atoms with Gasteiger partial charge in [0.2, 0.25) is 0 Å². The average molecular weight is 113 g/mol. The van der Waals surface area contributed by atoms with Gasteiger partial charge in [0, 0.05) is 0 Å². The van der Waals surface area contributed by atoms with E-state index in [1.165, 1.54) is 12.8 Å². The summed E-state index contributed by atoms with van der Waals surface area (Å²) in [6, 6.07) is 0. The highest BCUT2D eigenvalue weighted by atomic mass is 16.3. The van der Waals surface area contributed by atoms with E-state index in [1.54, 1.807) is 0 Å². The molecule has 8 heavy (non-hydrogen) atoms. The second kappa shape index (κ2) is 2.49. The lowest BCUT2D eigenvalue weighted by Gasteiger charge is -2.21. The molecule has 1 radical (unpaired) electrons. The zero-order valence-corrected chi connectivity index (χ0v) is 5.39. The van der Waals surface area contributed by atoms with Crippen molar-refractivity contribution < 1.29 is 5.11 Å². The monoisotopic (exact) mass is 113 g/mol. The van der Waals surface area contributed by atoms with Crippen LogP contribution in [0.1, 0.15) is 32.6 Å². The molecule has 0 aromatic rings. The molecule has 0 N–H and O–H groups in total. The van der Waals surface area contributed by atoms with Crippen molar-refractivity contribution in [2.24, 2.45) is 5.92 Å². The summed E-state index contributed by atoms with van der Waals surface area (Å²) < 4.78 is 0. The van der Waals surface area contributed by atoms with Gasteiger partial charge in [0.05, 0.1) is 6.10 Å². The molecule has 2 atom stereocenters. The van der Waals surface area contributed by atoms with Crippen LogP contribution in [0.25, 0.3) is 0 Å². The van der Waals surface area contributed by atoms with Crippen LogP contribution in [0.2, 0.25) is 0 Å². The van der Waals surface area contributed by atoms with Crippen molar-refractivity contribution in [1.82, 2.24) is 0 Å².